The Labute approximate surface area is 113 Å². The molecule has 0 saturated carbocycles. The van der Waals surface area contributed by atoms with Gasteiger partial charge in [-0.2, -0.15) is 0 Å². The molecule has 0 aromatic carbocycles. The van der Waals surface area contributed by atoms with Gasteiger partial charge in [-0.1, -0.05) is 13.8 Å². The minimum absolute atomic E-state index is 0.150. The van der Waals surface area contributed by atoms with E-state index >= 15 is 0 Å². The van der Waals surface area contributed by atoms with Crippen LogP contribution in [0.4, 0.5) is 5.82 Å². The van der Waals surface area contributed by atoms with Crippen LogP contribution in [0.1, 0.15) is 32.5 Å². The maximum atomic E-state index is 11.5. The molecule has 0 amide bonds. The molecule has 1 aromatic heterocycles. The van der Waals surface area contributed by atoms with E-state index in [0.29, 0.717) is 24.7 Å². The smallest absolute Gasteiger partial charge is 0.252 e. The lowest BCUT2D eigenvalue weighted by Crippen LogP contribution is -2.43. The van der Waals surface area contributed by atoms with Crippen molar-refractivity contribution < 1.29 is 5.11 Å². The zero-order valence-corrected chi connectivity index (χ0v) is 12.3. The first-order valence-electron chi connectivity index (χ1n) is 6.42. The summed E-state index contributed by atoms with van der Waals surface area (Å²) in [6.45, 7) is 6.53. The molecule has 19 heavy (non-hydrogen) atoms. The van der Waals surface area contributed by atoms with E-state index in [-0.39, 0.29) is 11.5 Å². The molecule has 6 nitrogen and oxygen atoms in total. The van der Waals surface area contributed by atoms with Crippen molar-refractivity contribution in [2.75, 3.05) is 32.5 Å². The molecule has 0 aliphatic carbocycles. The third-order valence-electron chi connectivity index (χ3n) is 2.61. The number of aromatic amines is 1. The third kappa shape index (κ3) is 5.40. The molecule has 0 fully saturated rings. The van der Waals surface area contributed by atoms with E-state index in [1.807, 2.05) is 32.8 Å². The monoisotopic (exact) mass is 268 g/mol. The molecule has 0 bridgehead atoms. The zero-order chi connectivity index (χ0) is 14.6. The highest BCUT2D eigenvalue weighted by Crippen LogP contribution is 2.11. The van der Waals surface area contributed by atoms with Crippen molar-refractivity contribution in [2.24, 2.45) is 0 Å². The van der Waals surface area contributed by atoms with Crippen molar-refractivity contribution in [3.63, 3.8) is 0 Å². The van der Waals surface area contributed by atoms with Gasteiger partial charge >= 0.3 is 0 Å². The maximum absolute atomic E-state index is 11.5. The van der Waals surface area contributed by atoms with Crippen LogP contribution in [0.25, 0.3) is 0 Å². The molecule has 108 valence electrons. The number of anilines is 1. The largest absolute Gasteiger partial charge is 0.387 e. The fraction of sp³-hybridized carbons (Fsp3) is 0.692. The first kappa shape index (κ1) is 15.7. The van der Waals surface area contributed by atoms with Gasteiger partial charge in [0.05, 0.1) is 5.60 Å². The molecule has 3 N–H and O–H groups in total. The lowest BCUT2D eigenvalue weighted by atomic mass is 10.1. The molecular formula is C13H24N4O2. The van der Waals surface area contributed by atoms with Gasteiger partial charge in [-0.15, -0.1) is 0 Å². The highest BCUT2D eigenvalue weighted by Gasteiger charge is 2.21. The first-order valence-corrected chi connectivity index (χ1v) is 6.42. The standard InChI is InChI=1S/C13H24N4O2/c1-9(2)12-15-10(6-11(18)16-12)14-7-13(3,19)8-17(4)5/h6,9,19H,7-8H2,1-5H3,(H2,14,15,16,18). The van der Waals surface area contributed by atoms with Crippen LogP contribution in [-0.2, 0) is 0 Å². The second-order valence-electron chi connectivity index (χ2n) is 5.76. The fourth-order valence-electron chi connectivity index (χ4n) is 1.86. The summed E-state index contributed by atoms with van der Waals surface area (Å²) >= 11 is 0. The number of rotatable bonds is 6. The van der Waals surface area contributed by atoms with Crippen LogP contribution in [0.15, 0.2) is 10.9 Å². The molecule has 0 aliphatic heterocycles. The van der Waals surface area contributed by atoms with E-state index in [9.17, 15) is 9.90 Å². The predicted octanol–water partition coefficient (Wildman–Crippen LogP) is 0.618. The third-order valence-corrected chi connectivity index (χ3v) is 2.61. The van der Waals surface area contributed by atoms with Crippen molar-refractivity contribution in [3.8, 4) is 0 Å². The Kier molecular flexibility index (Phi) is 5.08. The second kappa shape index (κ2) is 6.16. The van der Waals surface area contributed by atoms with Gasteiger partial charge in [0.25, 0.3) is 5.56 Å². The molecule has 1 aromatic rings. The van der Waals surface area contributed by atoms with Crippen LogP contribution in [0.2, 0.25) is 0 Å². The van der Waals surface area contributed by atoms with Gasteiger partial charge in [0, 0.05) is 25.1 Å². The molecule has 6 heteroatoms. The summed E-state index contributed by atoms with van der Waals surface area (Å²) in [7, 11) is 3.80. The molecule has 0 aliphatic rings. The first-order chi connectivity index (χ1) is 8.69. The number of hydrogen-bond donors (Lipinski definition) is 3. The number of aromatic nitrogens is 2. The summed E-state index contributed by atoms with van der Waals surface area (Å²) in [5.74, 6) is 1.28. The van der Waals surface area contributed by atoms with Crippen molar-refractivity contribution in [1.29, 1.82) is 0 Å². The molecule has 1 heterocycles. The lowest BCUT2D eigenvalue weighted by Gasteiger charge is -2.27. The van der Waals surface area contributed by atoms with Gasteiger partial charge < -0.3 is 20.3 Å². The van der Waals surface area contributed by atoms with E-state index < -0.39 is 5.60 Å². The number of nitrogens with zero attached hydrogens (tertiary/aromatic N) is 2. The summed E-state index contributed by atoms with van der Waals surface area (Å²) in [6.07, 6.45) is 0. The van der Waals surface area contributed by atoms with Crippen molar-refractivity contribution in [1.82, 2.24) is 14.9 Å². The summed E-state index contributed by atoms with van der Waals surface area (Å²) in [4.78, 5) is 20.4. The normalized spacial score (nSPS) is 14.7. The average Bonchev–Trinajstić information content (AvgIpc) is 2.24. The second-order valence-corrected chi connectivity index (χ2v) is 5.76. The SMILES string of the molecule is CC(C)c1nc(NCC(C)(O)CN(C)C)cc(=O)[nH]1. The van der Waals surface area contributed by atoms with Crippen LogP contribution < -0.4 is 10.9 Å². The quantitative estimate of drug-likeness (QED) is 0.704. The van der Waals surface area contributed by atoms with Crippen LogP contribution >= 0.6 is 0 Å². The van der Waals surface area contributed by atoms with E-state index in [4.69, 9.17) is 0 Å². The number of H-pyrrole nitrogens is 1. The van der Waals surface area contributed by atoms with Gasteiger partial charge in [-0.3, -0.25) is 4.79 Å². The lowest BCUT2D eigenvalue weighted by molar-refractivity contribution is 0.0459. The summed E-state index contributed by atoms with van der Waals surface area (Å²) in [6, 6.07) is 1.40. The number of aliphatic hydroxyl groups is 1. The van der Waals surface area contributed by atoms with Crippen LogP contribution in [0.5, 0.6) is 0 Å². The zero-order valence-electron chi connectivity index (χ0n) is 12.3. The van der Waals surface area contributed by atoms with Crippen LogP contribution in [0, 0.1) is 0 Å². The van der Waals surface area contributed by atoms with E-state index in [2.05, 4.69) is 15.3 Å². The van der Waals surface area contributed by atoms with Crippen molar-refractivity contribution in [3.05, 3.63) is 22.2 Å². The number of likely N-dealkylation sites (N-methyl/N-ethyl adjacent to an activating group) is 1. The van der Waals surface area contributed by atoms with Gasteiger partial charge in [0.1, 0.15) is 11.6 Å². The highest BCUT2D eigenvalue weighted by atomic mass is 16.3. The number of nitrogens with one attached hydrogen (secondary N) is 2. The Hall–Kier alpha value is -1.40. The summed E-state index contributed by atoms with van der Waals surface area (Å²) < 4.78 is 0. The Morgan fingerprint density at radius 3 is 2.68 bits per heavy atom. The molecule has 0 radical (unpaired) electrons. The topological polar surface area (TPSA) is 81.2 Å². The number of hydrogen-bond acceptors (Lipinski definition) is 5. The molecule has 0 spiro atoms. The van der Waals surface area contributed by atoms with Crippen LogP contribution in [0.3, 0.4) is 0 Å². The van der Waals surface area contributed by atoms with E-state index in [0.717, 1.165) is 0 Å². The van der Waals surface area contributed by atoms with Gasteiger partial charge in [-0.05, 0) is 21.0 Å². The Morgan fingerprint density at radius 1 is 1.53 bits per heavy atom. The van der Waals surface area contributed by atoms with E-state index in [1.165, 1.54) is 6.07 Å². The molecular weight excluding hydrogens is 244 g/mol. The van der Waals surface area contributed by atoms with Crippen molar-refractivity contribution in [2.45, 2.75) is 32.3 Å². The predicted molar refractivity (Wildman–Crippen MR) is 76.6 cm³/mol. The minimum Gasteiger partial charge on any atom is -0.387 e. The van der Waals surface area contributed by atoms with Gasteiger partial charge in [0.2, 0.25) is 0 Å². The molecule has 1 atom stereocenters. The van der Waals surface area contributed by atoms with Crippen molar-refractivity contribution >= 4 is 5.82 Å². The Morgan fingerprint density at radius 2 is 2.16 bits per heavy atom. The Balaban J connectivity index is 2.75. The Bertz CT molecular complexity index is 466. The van der Waals surface area contributed by atoms with Gasteiger partial charge in [0.15, 0.2) is 0 Å². The van der Waals surface area contributed by atoms with Gasteiger partial charge in [-0.25, -0.2) is 4.98 Å². The van der Waals surface area contributed by atoms with E-state index in [1.54, 1.807) is 6.92 Å². The highest BCUT2D eigenvalue weighted by molar-refractivity contribution is 5.33. The molecule has 0 saturated heterocycles. The molecule has 1 unspecified atom stereocenters. The minimum atomic E-state index is -0.883. The average molecular weight is 268 g/mol. The summed E-state index contributed by atoms with van der Waals surface area (Å²) in [5.41, 5.74) is -1.07. The fourth-order valence-corrected chi connectivity index (χ4v) is 1.86. The maximum Gasteiger partial charge on any atom is 0.252 e. The molecule has 1 rings (SSSR count). The van der Waals surface area contributed by atoms with Crippen LogP contribution in [-0.4, -0.2) is 52.8 Å². The summed E-state index contributed by atoms with van der Waals surface area (Å²) in [5, 5.41) is 13.2.